The lowest BCUT2D eigenvalue weighted by Gasteiger charge is -2.16. The molecule has 2 amide bonds. The maximum absolute atomic E-state index is 11.4. The minimum atomic E-state index is -0.899. The molecule has 1 saturated carbocycles. The first-order valence-electron chi connectivity index (χ1n) is 5.36. The topological polar surface area (TPSA) is 78.4 Å². The van der Waals surface area contributed by atoms with E-state index in [9.17, 15) is 9.59 Å². The van der Waals surface area contributed by atoms with Crippen LogP contribution in [0.25, 0.3) is 0 Å². The highest BCUT2D eigenvalue weighted by Gasteiger charge is 2.18. The van der Waals surface area contributed by atoms with E-state index in [-0.39, 0.29) is 24.5 Å². The summed E-state index contributed by atoms with van der Waals surface area (Å²) >= 11 is 0. The molecule has 0 radical (unpaired) electrons. The second kappa shape index (κ2) is 5.58. The first-order chi connectivity index (χ1) is 7.08. The number of aliphatic carboxylic acids is 1. The fraction of sp³-hybridized carbons (Fsp3) is 0.800. The number of rotatable bonds is 4. The summed E-state index contributed by atoms with van der Waals surface area (Å²) in [4.78, 5) is 21.7. The van der Waals surface area contributed by atoms with Gasteiger partial charge in [0, 0.05) is 12.1 Å². The van der Waals surface area contributed by atoms with E-state index in [0.717, 1.165) is 25.7 Å². The summed E-state index contributed by atoms with van der Waals surface area (Å²) in [6.45, 7) is 1.68. The lowest BCUT2D eigenvalue weighted by molar-refractivity contribution is -0.137. The summed E-state index contributed by atoms with van der Waals surface area (Å²) in [6.07, 6.45) is 4.34. The highest BCUT2D eigenvalue weighted by atomic mass is 16.4. The largest absolute Gasteiger partial charge is 0.481 e. The minimum absolute atomic E-state index is 0.0436. The predicted molar refractivity (Wildman–Crippen MR) is 55.6 cm³/mol. The van der Waals surface area contributed by atoms with Crippen molar-refractivity contribution < 1.29 is 14.7 Å². The maximum atomic E-state index is 11.4. The molecular formula is C10H18N2O3. The number of carboxylic acid groups (broad SMARTS) is 1. The van der Waals surface area contributed by atoms with Crippen molar-refractivity contribution in [3.05, 3.63) is 0 Å². The third-order valence-electron chi connectivity index (χ3n) is 2.55. The van der Waals surface area contributed by atoms with E-state index in [4.69, 9.17) is 5.11 Å². The first-order valence-corrected chi connectivity index (χ1v) is 5.36. The molecule has 0 heterocycles. The summed E-state index contributed by atoms with van der Waals surface area (Å²) in [7, 11) is 0. The molecule has 0 aromatic carbocycles. The Morgan fingerprint density at radius 2 is 2.00 bits per heavy atom. The van der Waals surface area contributed by atoms with Gasteiger partial charge >= 0.3 is 12.0 Å². The fourth-order valence-electron chi connectivity index (χ4n) is 1.83. The predicted octanol–water partition coefficient (Wildman–Crippen LogP) is 1.09. The van der Waals surface area contributed by atoms with Crippen LogP contribution < -0.4 is 10.6 Å². The van der Waals surface area contributed by atoms with E-state index in [0.29, 0.717) is 0 Å². The van der Waals surface area contributed by atoms with Crippen LogP contribution in [-0.2, 0) is 4.79 Å². The third-order valence-corrected chi connectivity index (χ3v) is 2.55. The molecule has 0 saturated heterocycles. The van der Waals surface area contributed by atoms with Gasteiger partial charge in [0.15, 0.2) is 0 Å². The van der Waals surface area contributed by atoms with Gasteiger partial charge in [0.2, 0.25) is 0 Å². The van der Waals surface area contributed by atoms with Crippen molar-refractivity contribution in [1.29, 1.82) is 0 Å². The smallest absolute Gasteiger partial charge is 0.315 e. The lowest BCUT2D eigenvalue weighted by Crippen LogP contribution is -2.45. The van der Waals surface area contributed by atoms with Gasteiger partial charge in [0.1, 0.15) is 0 Å². The molecule has 86 valence electrons. The van der Waals surface area contributed by atoms with Crippen molar-refractivity contribution >= 4 is 12.0 Å². The average Bonchev–Trinajstić information content (AvgIpc) is 2.53. The van der Waals surface area contributed by atoms with E-state index >= 15 is 0 Å². The second-order valence-electron chi connectivity index (χ2n) is 4.10. The SMILES string of the molecule is CC(CC(=O)O)NC(=O)NC1CCCC1. The van der Waals surface area contributed by atoms with Crippen LogP contribution in [0.5, 0.6) is 0 Å². The molecular weight excluding hydrogens is 196 g/mol. The first kappa shape index (κ1) is 11.8. The molecule has 0 spiro atoms. The number of carbonyl (C=O) groups excluding carboxylic acids is 1. The van der Waals surface area contributed by atoms with Gasteiger partial charge in [-0.2, -0.15) is 0 Å². The summed E-state index contributed by atoms with van der Waals surface area (Å²) in [5.74, 6) is -0.899. The van der Waals surface area contributed by atoms with Crippen LogP contribution >= 0.6 is 0 Å². The van der Waals surface area contributed by atoms with Gasteiger partial charge < -0.3 is 15.7 Å². The summed E-state index contributed by atoms with van der Waals surface area (Å²) in [5, 5.41) is 14.0. The monoisotopic (exact) mass is 214 g/mol. The van der Waals surface area contributed by atoms with Crippen LogP contribution in [0.4, 0.5) is 4.79 Å². The third kappa shape index (κ3) is 4.67. The minimum Gasteiger partial charge on any atom is -0.481 e. The van der Waals surface area contributed by atoms with Gasteiger partial charge in [-0.05, 0) is 19.8 Å². The van der Waals surface area contributed by atoms with Gasteiger partial charge in [0.25, 0.3) is 0 Å². The molecule has 1 rings (SSSR count). The Hall–Kier alpha value is -1.26. The molecule has 0 aromatic rings. The Morgan fingerprint density at radius 1 is 1.40 bits per heavy atom. The molecule has 0 aliphatic heterocycles. The quantitative estimate of drug-likeness (QED) is 0.655. The van der Waals surface area contributed by atoms with Crippen molar-refractivity contribution in [2.45, 2.75) is 51.1 Å². The van der Waals surface area contributed by atoms with Crippen LogP contribution in [0.15, 0.2) is 0 Å². The number of carboxylic acids is 1. The molecule has 0 bridgehead atoms. The zero-order valence-electron chi connectivity index (χ0n) is 8.95. The van der Waals surface area contributed by atoms with Gasteiger partial charge in [-0.3, -0.25) is 4.79 Å². The van der Waals surface area contributed by atoms with Gasteiger partial charge in [0.05, 0.1) is 6.42 Å². The van der Waals surface area contributed by atoms with Crippen molar-refractivity contribution in [1.82, 2.24) is 10.6 Å². The van der Waals surface area contributed by atoms with Crippen LogP contribution in [0, 0.1) is 0 Å². The number of nitrogens with one attached hydrogen (secondary N) is 2. The van der Waals surface area contributed by atoms with E-state index in [1.54, 1.807) is 6.92 Å². The van der Waals surface area contributed by atoms with E-state index in [2.05, 4.69) is 10.6 Å². The summed E-state index contributed by atoms with van der Waals surface area (Å²) in [6, 6.07) is -0.318. The number of hydrogen-bond donors (Lipinski definition) is 3. The Morgan fingerprint density at radius 3 is 2.53 bits per heavy atom. The highest BCUT2D eigenvalue weighted by molar-refractivity contribution is 5.75. The molecule has 15 heavy (non-hydrogen) atoms. The van der Waals surface area contributed by atoms with Crippen LogP contribution in [0.1, 0.15) is 39.0 Å². The van der Waals surface area contributed by atoms with Crippen LogP contribution in [0.2, 0.25) is 0 Å². The van der Waals surface area contributed by atoms with Crippen LogP contribution in [0.3, 0.4) is 0 Å². The Labute approximate surface area is 89.2 Å². The molecule has 5 nitrogen and oxygen atoms in total. The maximum Gasteiger partial charge on any atom is 0.315 e. The molecule has 0 aromatic heterocycles. The number of carbonyl (C=O) groups is 2. The average molecular weight is 214 g/mol. The van der Waals surface area contributed by atoms with Gasteiger partial charge in [-0.25, -0.2) is 4.79 Å². The molecule has 5 heteroatoms. The van der Waals surface area contributed by atoms with Crippen LogP contribution in [-0.4, -0.2) is 29.2 Å². The van der Waals surface area contributed by atoms with Gasteiger partial charge in [-0.15, -0.1) is 0 Å². The Bertz CT molecular complexity index is 237. The van der Waals surface area contributed by atoms with E-state index < -0.39 is 5.97 Å². The fourth-order valence-corrected chi connectivity index (χ4v) is 1.83. The zero-order valence-corrected chi connectivity index (χ0v) is 8.95. The molecule has 1 aliphatic carbocycles. The van der Waals surface area contributed by atoms with E-state index in [1.165, 1.54) is 0 Å². The summed E-state index contributed by atoms with van der Waals surface area (Å²) in [5.41, 5.74) is 0. The van der Waals surface area contributed by atoms with Gasteiger partial charge in [-0.1, -0.05) is 12.8 Å². The van der Waals surface area contributed by atoms with Crippen molar-refractivity contribution in [2.24, 2.45) is 0 Å². The van der Waals surface area contributed by atoms with Crippen molar-refractivity contribution in [3.63, 3.8) is 0 Å². The molecule has 1 aliphatic rings. The van der Waals surface area contributed by atoms with Crippen molar-refractivity contribution in [2.75, 3.05) is 0 Å². The van der Waals surface area contributed by atoms with Crippen molar-refractivity contribution in [3.8, 4) is 0 Å². The number of urea groups is 1. The molecule has 1 fully saturated rings. The van der Waals surface area contributed by atoms with E-state index in [1.807, 2.05) is 0 Å². The summed E-state index contributed by atoms with van der Waals surface area (Å²) < 4.78 is 0. The molecule has 1 atom stereocenters. The molecule has 3 N–H and O–H groups in total. The zero-order chi connectivity index (χ0) is 11.3. The normalized spacial score (nSPS) is 18.5. The highest BCUT2D eigenvalue weighted by Crippen LogP contribution is 2.17. The number of hydrogen-bond acceptors (Lipinski definition) is 2. The lowest BCUT2D eigenvalue weighted by atomic mass is 10.2. The Kier molecular flexibility index (Phi) is 4.39. The second-order valence-corrected chi connectivity index (χ2v) is 4.10. The standard InChI is InChI=1S/C10H18N2O3/c1-7(6-9(13)14)11-10(15)12-8-4-2-3-5-8/h7-8H,2-6H2,1H3,(H,13,14)(H2,11,12,15). The number of amides is 2. The molecule has 1 unspecified atom stereocenters. The Balaban J connectivity index is 2.19.